The number of ether oxygens (including phenoxy) is 1. The first-order valence-corrected chi connectivity index (χ1v) is 6.23. The molecule has 0 atom stereocenters. The summed E-state index contributed by atoms with van der Waals surface area (Å²) in [6.45, 7) is 2.49. The summed E-state index contributed by atoms with van der Waals surface area (Å²) in [4.78, 5) is 6.35. The zero-order valence-corrected chi connectivity index (χ0v) is 11.4. The smallest absolute Gasteiger partial charge is 0.292 e. The van der Waals surface area contributed by atoms with Gasteiger partial charge in [-0.25, -0.2) is 0 Å². The zero-order chi connectivity index (χ0) is 13.8. The molecule has 0 heterocycles. The summed E-state index contributed by atoms with van der Waals surface area (Å²) in [5.74, 6) is 0.261. The van der Waals surface area contributed by atoms with Gasteiger partial charge in [0.1, 0.15) is 5.75 Å². The number of hydrogen-bond donors (Lipinski definition) is 1. The van der Waals surface area contributed by atoms with E-state index in [0.717, 1.165) is 16.5 Å². The second-order valence-electron chi connectivity index (χ2n) is 4.37. The zero-order valence-electron chi connectivity index (χ0n) is 11.4. The minimum atomic E-state index is 0.261. The van der Waals surface area contributed by atoms with Crippen LogP contribution in [0.15, 0.2) is 41.4 Å². The molecule has 0 bridgehead atoms. The van der Waals surface area contributed by atoms with Gasteiger partial charge in [-0.3, -0.25) is 0 Å². The van der Waals surface area contributed by atoms with Crippen molar-refractivity contribution >= 4 is 22.5 Å². The minimum absolute atomic E-state index is 0.261. The molecule has 0 fully saturated rings. The summed E-state index contributed by atoms with van der Waals surface area (Å²) in [5, 5.41) is 11.5. The van der Waals surface area contributed by atoms with Crippen molar-refractivity contribution in [1.29, 1.82) is 0 Å². The van der Waals surface area contributed by atoms with Crippen LogP contribution in [0, 0.1) is 0 Å². The van der Waals surface area contributed by atoms with Gasteiger partial charge in [0.2, 0.25) is 0 Å². The molecule has 2 rings (SSSR count). The van der Waals surface area contributed by atoms with Crippen LogP contribution in [0.25, 0.3) is 10.8 Å². The molecule has 0 amide bonds. The van der Waals surface area contributed by atoms with E-state index in [9.17, 15) is 5.11 Å². The monoisotopic (exact) mass is 258 g/mol. The van der Waals surface area contributed by atoms with E-state index in [-0.39, 0.29) is 5.75 Å². The Morgan fingerprint density at radius 2 is 1.84 bits per heavy atom. The maximum Gasteiger partial charge on any atom is 0.292 e. The van der Waals surface area contributed by atoms with Crippen molar-refractivity contribution < 1.29 is 9.84 Å². The molecular formula is C15H18N2O2. The molecular weight excluding hydrogens is 240 g/mol. The number of aliphatic imine (C=N–C) groups is 1. The first-order valence-electron chi connectivity index (χ1n) is 6.23. The third kappa shape index (κ3) is 2.78. The first kappa shape index (κ1) is 13.2. The van der Waals surface area contributed by atoms with Crippen molar-refractivity contribution in [2.45, 2.75) is 6.92 Å². The van der Waals surface area contributed by atoms with Gasteiger partial charge in [0.05, 0.1) is 12.3 Å². The van der Waals surface area contributed by atoms with Crippen LogP contribution in [0.4, 0.5) is 5.69 Å². The lowest BCUT2D eigenvalue weighted by atomic mass is 10.1. The number of hydrogen-bond acceptors (Lipinski definition) is 3. The van der Waals surface area contributed by atoms with Gasteiger partial charge in [-0.15, -0.1) is 0 Å². The molecule has 0 saturated carbocycles. The molecule has 2 aromatic carbocycles. The van der Waals surface area contributed by atoms with Gasteiger partial charge >= 0.3 is 0 Å². The molecule has 2 aromatic rings. The average Bonchev–Trinajstić information content (AvgIpc) is 2.41. The Morgan fingerprint density at radius 1 is 1.16 bits per heavy atom. The van der Waals surface area contributed by atoms with Crippen molar-refractivity contribution in [3.63, 3.8) is 0 Å². The highest BCUT2D eigenvalue weighted by Crippen LogP contribution is 2.32. The van der Waals surface area contributed by atoms with Crippen LogP contribution in [-0.4, -0.2) is 36.7 Å². The molecule has 0 unspecified atom stereocenters. The Hall–Kier alpha value is -2.23. The van der Waals surface area contributed by atoms with Crippen molar-refractivity contribution in [2.75, 3.05) is 20.7 Å². The highest BCUT2D eigenvalue weighted by atomic mass is 16.5. The second-order valence-corrected chi connectivity index (χ2v) is 4.37. The fraction of sp³-hybridized carbons (Fsp3) is 0.267. The predicted molar refractivity (Wildman–Crippen MR) is 78.0 cm³/mol. The van der Waals surface area contributed by atoms with E-state index in [4.69, 9.17) is 4.74 Å². The molecule has 0 aliphatic carbocycles. The third-order valence-corrected chi connectivity index (χ3v) is 2.75. The van der Waals surface area contributed by atoms with Crippen LogP contribution in [0.5, 0.6) is 5.75 Å². The van der Waals surface area contributed by atoms with Crippen LogP contribution >= 0.6 is 0 Å². The Kier molecular flexibility index (Phi) is 3.90. The van der Waals surface area contributed by atoms with Gasteiger partial charge in [0, 0.05) is 24.9 Å². The molecule has 100 valence electrons. The van der Waals surface area contributed by atoms with E-state index in [1.807, 2.05) is 50.2 Å². The maximum atomic E-state index is 9.85. The van der Waals surface area contributed by atoms with Gasteiger partial charge < -0.3 is 14.7 Å². The summed E-state index contributed by atoms with van der Waals surface area (Å²) < 4.78 is 5.50. The van der Waals surface area contributed by atoms with Crippen molar-refractivity contribution in [3.05, 3.63) is 36.4 Å². The molecule has 0 spiro atoms. The fourth-order valence-corrected chi connectivity index (χ4v) is 1.86. The molecule has 0 aromatic heterocycles. The van der Waals surface area contributed by atoms with Gasteiger partial charge in [0.15, 0.2) is 0 Å². The number of rotatable bonds is 2. The van der Waals surface area contributed by atoms with Crippen LogP contribution in [0.3, 0.4) is 0 Å². The predicted octanol–water partition coefficient (Wildman–Crippen LogP) is 3.13. The highest BCUT2D eigenvalue weighted by Gasteiger charge is 2.07. The average molecular weight is 258 g/mol. The van der Waals surface area contributed by atoms with E-state index in [2.05, 4.69) is 4.99 Å². The second kappa shape index (κ2) is 5.61. The van der Waals surface area contributed by atoms with E-state index in [1.54, 1.807) is 12.1 Å². The van der Waals surface area contributed by atoms with Crippen LogP contribution < -0.4 is 0 Å². The topological polar surface area (TPSA) is 45.1 Å². The number of benzene rings is 2. The number of phenols is 1. The van der Waals surface area contributed by atoms with Crippen LogP contribution in [0.1, 0.15) is 6.92 Å². The Balaban J connectivity index is 2.56. The molecule has 0 aliphatic rings. The molecule has 4 heteroatoms. The first-order chi connectivity index (χ1) is 9.13. The van der Waals surface area contributed by atoms with E-state index in [1.165, 1.54) is 0 Å². The molecule has 19 heavy (non-hydrogen) atoms. The number of fused-ring (bicyclic) bond motifs is 1. The van der Waals surface area contributed by atoms with Crippen LogP contribution in [-0.2, 0) is 4.74 Å². The van der Waals surface area contributed by atoms with Crippen LogP contribution in [0.2, 0.25) is 0 Å². The number of nitrogens with zero attached hydrogens (tertiary/aromatic N) is 2. The SMILES string of the molecule is CCOC(=Nc1ccc(O)c2ccccc12)N(C)C. The Bertz CT molecular complexity index is 606. The van der Waals surface area contributed by atoms with Gasteiger partial charge in [-0.05, 0) is 19.1 Å². The molecule has 4 nitrogen and oxygen atoms in total. The van der Waals surface area contributed by atoms with Gasteiger partial charge in [0.25, 0.3) is 6.02 Å². The Morgan fingerprint density at radius 3 is 2.47 bits per heavy atom. The van der Waals surface area contributed by atoms with E-state index < -0.39 is 0 Å². The third-order valence-electron chi connectivity index (χ3n) is 2.75. The number of phenolic OH excluding ortho intramolecular Hbond substituents is 1. The van der Waals surface area contributed by atoms with Crippen molar-refractivity contribution in [1.82, 2.24) is 4.90 Å². The Labute approximate surface area is 113 Å². The van der Waals surface area contributed by atoms with Gasteiger partial charge in [-0.2, -0.15) is 4.99 Å². The fourth-order valence-electron chi connectivity index (χ4n) is 1.86. The maximum absolute atomic E-state index is 9.85. The summed E-state index contributed by atoms with van der Waals surface area (Å²) in [5.41, 5.74) is 0.783. The normalized spacial score (nSPS) is 11.6. The van der Waals surface area contributed by atoms with E-state index in [0.29, 0.717) is 12.6 Å². The summed E-state index contributed by atoms with van der Waals surface area (Å²) >= 11 is 0. The lowest BCUT2D eigenvalue weighted by molar-refractivity contribution is 0.275. The van der Waals surface area contributed by atoms with E-state index >= 15 is 0 Å². The lowest BCUT2D eigenvalue weighted by Crippen LogP contribution is -2.24. The standard InChI is InChI=1S/C15H18N2O2/c1-4-19-15(17(2)3)16-13-9-10-14(18)12-8-6-5-7-11(12)13/h5-10,18H,4H2,1-3H3. The minimum Gasteiger partial charge on any atom is -0.507 e. The number of aromatic hydroxyl groups is 1. The summed E-state index contributed by atoms with van der Waals surface area (Å²) in [6.07, 6.45) is 0. The number of amidine groups is 1. The summed E-state index contributed by atoms with van der Waals surface area (Å²) in [7, 11) is 3.77. The van der Waals surface area contributed by atoms with Crippen molar-refractivity contribution in [3.8, 4) is 5.75 Å². The van der Waals surface area contributed by atoms with Gasteiger partial charge in [-0.1, -0.05) is 24.3 Å². The molecule has 1 N–H and O–H groups in total. The largest absolute Gasteiger partial charge is 0.507 e. The van der Waals surface area contributed by atoms with Crippen molar-refractivity contribution in [2.24, 2.45) is 4.99 Å². The quantitative estimate of drug-likeness (QED) is 0.665. The molecule has 0 radical (unpaired) electrons. The molecule has 0 saturated heterocycles. The highest BCUT2D eigenvalue weighted by molar-refractivity contribution is 5.98. The molecule has 0 aliphatic heterocycles. The summed E-state index contributed by atoms with van der Waals surface area (Å²) in [6, 6.07) is 11.6. The lowest BCUT2D eigenvalue weighted by Gasteiger charge is -2.15.